The van der Waals surface area contributed by atoms with Crippen LogP contribution in [0.2, 0.25) is 0 Å². The lowest BCUT2D eigenvalue weighted by molar-refractivity contribution is -0.299. The highest BCUT2D eigenvalue weighted by Crippen LogP contribution is 2.48. The molecule has 0 spiro atoms. The zero-order valence-corrected chi connectivity index (χ0v) is 19.0. The Labute approximate surface area is 184 Å². The Morgan fingerprint density at radius 3 is 2.53 bits per heavy atom. The number of thioether (sulfide) groups is 1. The summed E-state index contributed by atoms with van der Waals surface area (Å²) in [5.74, 6) is 2.40. The Morgan fingerprint density at radius 2 is 1.93 bits per heavy atom. The Morgan fingerprint density at radius 1 is 1.23 bits per heavy atom. The molecule has 0 aromatic rings. The van der Waals surface area contributed by atoms with E-state index >= 15 is 0 Å². The van der Waals surface area contributed by atoms with E-state index in [2.05, 4.69) is 39.7 Å². The van der Waals surface area contributed by atoms with E-state index in [4.69, 9.17) is 9.47 Å². The van der Waals surface area contributed by atoms with Crippen LogP contribution in [0.1, 0.15) is 33.1 Å². The number of hydrogen-bond donors (Lipinski definition) is 4. The molecule has 0 radical (unpaired) electrons. The number of aliphatic hydroxyl groups is 4. The van der Waals surface area contributed by atoms with Crippen LogP contribution in [0.25, 0.3) is 0 Å². The van der Waals surface area contributed by atoms with Crippen LogP contribution >= 0.6 is 11.8 Å². The maximum Gasteiger partial charge on any atom is 0.186 e. The van der Waals surface area contributed by atoms with Gasteiger partial charge in [0, 0.05) is 11.5 Å². The summed E-state index contributed by atoms with van der Waals surface area (Å²) >= 11 is 1.70. The number of allylic oxidation sites excluding steroid dienone is 2. The zero-order valence-electron chi connectivity index (χ0n) is 18.2. The number of hydrogen-bond acceptors (Lipinski definition) is 7. The van der Waals surface area contributed by atoms with Gasteiger partial charge in [-0.1, -0.05) is 37.3 Å². The standard InChI is InChI=1S/C23H38O6S/c1-6-23(5)8-7-16(11-17(23)14(2)3)15(4)13-30-10-9-28-22-21(27)20(26)19(25)18(12-24)29-22/h6,16-22,24-27H,1-2,4,7-13H2,3,5H3/t16-,17+,18-,19-,20+,21-,22-,23-/m1/s1. The van der Waals surface area contributed by atoms with Crippen molar-refractivity contribution in [3.8, 4) is 0 Å². The molecule has 0 unspecified atom stereocenters. The molecule has 172 valence electrons. The second-order valence-corrected chi connectivity index (χ2v) is 9.96. The Kier molecular flexibility index (Phi) is 9.61. The molecule has 2 rings (SSSR count). The van der Waals surface area contributed by atoms with Gasteiger partial charge in [-0.15, -0.1) is 6.58 Å². The third kappa shape index (κ3) is 5.97. The van der Waals surface area contributed by atoms with Crippen molar-refractivity contribution in [2.24, 2.45) is 17.3 Å². The largest absolute Gasteiger partial charge is 0.394 e. The lowest BCUT2D eigenvalue weighted by Crippen LogP contribution is -2.59. The Hall–Kier alpha value is -0.670. The fraction of sp³-hybridized carbons (Fsp3) is 0.739. The van der Waals surface area contributed by atoms with Gasteiger partial charge in [0.05, 0.1) is 13.2 Å². The zero-order chi connectivity index (χ0) is 22.5. The molecule has 0 aromatic heterocycles. The number of aliphatic hydroxyl groups excluding tert-OH is 4. The summed E-state index contributed by atoms with van der Waals surface area (Å²) in [7, 11) is 0. The first-order chi connectivity index (χ1) is 14.1. The smallest absolute Gasteiger partial charge is 0.186 e. The lowest BCUT2D eigenvalue weighted by atomic mass is 9.61. The number of ether oxygens (including phenoxy) is 2. The summed E-state index contributed by atoms with van der Waals surface area (Å²) in [6, 6.07) is 0. The van der Waals surface area contributed by atoms with E-state index in [0.717, 1.165) is 25.0 Å². The molecule has 2 aliphatic rings. The highest BCUT2D eigenvalue weighted by Gasteiger charge is 2.44. The fourth-order valence-electron chi connectivity index (χ4n) is 4.46. The van der Waals surface area contributed by atoms with Crippen molar-refractivity contribution < 1.29 is 29.9 Å². The summed E-state index contributed by atoms with van der Waals surface area (Å²) in [4.78, 5) is 0. The van der Waals surface area contributed by atoms with Crippen LogP contribution in [-0.4, -0.2) is 75.9 Å². The van der Waals surface area contributed by atoms with E-state index in [1.165, 1.54) is 11.1 Å². The molecule has 1 aliphatic heterocycles. The highest BCUT2D eigenvalue weighted by atomic mass is 32.2. The maximum atomic E-state index is 9.99. The summed E-state index contributed by atoms with van der Waals surface area (Å²) in [5, 5.41) is 38.8. The summed E-state index contributed by atoms with van der Waals surface area (Å²) < 4.78 is 10.9. The van der Waals surface area contributed by atoms with Crippen molar-refractivity contribution in [1.82, 2.24) is 0 Å². The van der Waals surface area contributed by atoms with Crippen molar-refractivity contribution in [1.29, 1.82) is 0 Å². The van der Waals surface area contributed by atoms with E-state index in [1.807, 2.05) is 0 Å². The molecular formula is C23H38O6S. The topological polar surface area (TPSA) is 99.4 Å². The Balaban J connectivity index is 1.74. The van der Waals surface area contributed by atoms with Crippen LogP contribution in [-0.2, 0) is 9.47 Å². The first kappa shape index (κ1) is 25.6. The average Bonchev–Trinajstić information content (AvgIpc) is 2.73. The minimum absolute atomic E-state index is 0.106. The molecule has 0 amide bonds. The number of rotatable bonds is 10. The van der Waals surface area contributed by atoms with Gasteiger partial charge in [0.15, 0.2) is 6.29 Å². The molecule has 0 bridgehead atoms. The maximum absolute atomic E-state index is 9.99. The van der Waals surface area contributed by atoms with Crippen molar-refractivity contribution in [3.63, 3.8) is 0 Å². The van der Waals surface area contributed by atoms with E-state index in [-0.39, 0.29) is 5.41 Å². The van der Waals surface area contributed by atoms with Crippen LogP contribution in [0.4, 0.5) is 0 Å². The molecule has 1 saturated heterocycles. The molecular weight excluding hydrogens is 404 g/mol. The molecule has 1 aliphatic carbocycles. The fourth-order valence-corrected chi connectivity index (χ4v) is 5.32. The van der Waals surface area contributed by atoms with Gasteiger partial charge < -0.3 is 29.9 Å². The van der Waals surface area contributed by atoms with Gasteiger partial charge in [-0.05, 0) is 43.4 Å². The monoisotopic (exact) mass is 442 g/mol. The molecule has 8 atom stereocenters. The normalized spacial score (nSPS) is 39.5. The van der Waals surface area contributed by atoms with Crippen molar-refractivity contribution >= 4 is 11.8 Å². The predicted molar refractivity (Wildman–Crippen MR) is 120 cm³/mol. The SMILES string of the molecule is C=C[C@]1(C)CC[C@@H](C(=C)CSCCO[C@@H]2O[C@H](CO)[C@@H](O)[C@H](O)[C@H]2O)C[C@H]1C(=C)C. The van der Waals surface area contributed by atoms with Gasteiger partial charge in [-0.3, -0.25) is 0 Å². The van der Waals surface area contributed by atoms with Gasteiger partial charge in [-0.25, -0.2) is 0 Å². The van der Waals surface area contributed by atoms with Crippen LogP contribution in [0.5, 0.6) is 0 Å². The average molecular weight is 443 g/mol. The van der Waals surface area contributed by atoms with Crippen molar-refractivity contribution in [2.45, 2.75) is 63.8 Å². The van der Waals surface area contributed by atoms with Gasteiger partial charge in [0.25, 0.3) is 0 Å². The molecule has 0 aromatic carbocycles. The Bertz CT molecular complexity index is 609. The van der Waals surface area contributed by atoms with Crippen LogP contribution in [0, 0.1) is 17.3 Å². The van der Waals surface area contributed by atoms with Gasteiger partial charge in [0.1, 0.15) is 24.4 Å². The molecule has 2 fully saturated rings. The second kappa shape index (κ2) is 11.3. The van der Waals surface area contributed by atoms with Crippen molar-refractivity contribution in [2.75, 3.05) is 24.7 Å². The van der Waals surface area contributed by atoms with Gasteiger partial charge in [-0.2, -0.15) is 11.8 Å². The molecule has 6 nitrogen and oxygen atoms in total. The van der Waals surface area contributed by atoms with E-state index < -0.39 is 37.3 Å². The van der Waals surface area contributed by atoms with Gasteiger partial charge in [0.2, 0.25) is 0 Å². The third-order valence-corrected chi connectivity index (χ3v) is 7.66. The minimum atomic E-state index is -1.41. The minimum Gasteiger partial charge on any atom is -0.394 e. The lowest BCUT2D eigenvalue weighted by Gasteiger charge is -2.44. The van der Waals surface area contributed by atoms with E-state index in [1.54, 1.807) is 11.8 Å². The highest BCUT2D eigenvalue weighted by molar-refractivity contribution is 7.99. The van der Waals surface area contributed by atoms with Crippen molar-refractivity contribution in [3.05, 3.63) is 37.0 Å². The third-order valence-electron chi connectivity index (χ3n) is 6.63. The predicted octanol–water partition coefficient (Wildman–Crippen LogP) is 2.28. The van der Waals surface area contributed by atoms with E-state index in [0.29, 0.717) is 24.2 Å². The summed E-state index contributed by atoms with van der Waals surface area (Å²) in [5.41, 5.74) is 2.54. The summed E-state index contributed by atoms with van der Waals surface area (Å²) in [6.45, 7) is 16.8. The van der Waals surface area contributed by atoms with Crippen LogP contribution in [0.15, 0.2) is 37.0 Å². The van der Waals surface area contributed by atoms with E-state index in [9.17, 15) is 20.4 Å². The van der Waals surface area contributed by atoms with Crippen LogP contribution < -0.4 is 0 Å². The molecule has 1 heterocycles. The molecule has 7 heteroatoms. The first-order valence-electron chi connectivity index (χ1n) is 10.6. The summed E-state index contributed by atoms with van der Waals surface area (Å²) in [6.07, 6.45) is -0.843. The molecule has 30 heavy (non-hydrogen) atoms. The van der Waals surface area contributed by atoms with Gasteiger partial charge >= 0.3 is 0 Å². The second-order valence-electron chi connectivity index (χ2n) is 8.86. The quantitative estimate of drug-likeness (QED) is 0.304. The van der Waals surface area contributed by atoms with Crippen LogP contribution in [0.3, 0.4) is 0 Å². The first-order valence-corrected chi connectivity index (χ1v) is 11.8. The molecule has 1 saturated carbocycles. The molecule has 4 N–H and O–H groups in total.